The number of ether oxygens (including phenoxy) is 1. The van der Waals surface area contributed by atoms with Gasteiger partial charge in [0.2, 0.25) is 0 Å². The van der Waals surface area contributed by atoms with E-state index in [4.69, 9.17) is 4.74 Å². The van der Waals surface area contributed by atoms with E-state index in [1.807, 2.05) is 36.4 Å². The first-order valence-electron chi connectivity index (χ1n) is 7.53. The largest absolute Gasteiger partial charge is 0.488 e. The Bertz CT molecular complexity index is 791. The molecule has 1 N–H and O–H groups in total. The van der Waals surface area contributed by atoms with E-state index in [2.05, 4.69) is 31.2 Å². The van der Waals surface area contributed by atoms with E-state index < -0.39 is 6.10 Å². The zero-order chi connectivity index (χ0) is 15.5. The number of fused-ring (bicyclic) bond motifs is 1. The number of aliphatic hydroxyl groups is 1. The molecule has 2 nitrogen and oxygen atoms in total. The van der Waals surface area contributed by atoms with Crippen LogP contribution in [0.15, 0.2) is 60.7 Å². The van der Waals surface area contributed by atoms with Crippen LogP contribution in [0, 0.1) is 6.92 Å². The Hall–Kier alpha value is -2.32. The van der Waals surface area contributed by atoms with E-state index in [1.54, 1.807) is 6.92 Å². The number of hydrogen-bond acceptors (Lipinski definition) is 2. The molecule has 3 aromatic rings. The van der Waals surface area contributed by atoms with Gasteiger partial charge in [-0.05, 0) is 24.8 Å². The van der Waals surface area contributed by atoms with E-state index in [-0.39, 0.29) is 0 Å². The van der Waals surface area contributed by atoms with Gasteiger partial charge >= 0.3 is 0 Å². The van der Waals surface area contributed by atoms with Gasteiger partial charge in [0.1, 0.15) is 12.4 Å². The Morgan fingerprint density at radius 1 is 1.00 bits per heavy atom. The Morgan fingerprint density at radius 3 is 2.59 bits per heavy atom. The molecule has 3 aromatic carbocycles. The minimum absolute atomic E-state index is 0.495. The number of aliphatic hydroxyl groups excluding tert-OH is 1. The highest BCUT2D eigenvalue weighted by Crippen LogP contribution is 2.34. The van der Waals surface area contributed by atoms with Gasteiger partial charge in [-0.1, -0.05) is 66.2 Å². The van der Waals surface area contributed by atoms with E-state index in [9.17, 15) is 5.11 Å². The molecule has 3 rings (SSSR count). The molecule has 0 bridgehead atoms. The number of benzene rings is 3. The van der Waals surface area contributed by atoms with Crippen LogP contribution in [0.25, 0.3) is 10.8 Å². The summed E-state index contributed by atoms with van der Waals surface area (Å²) in [6, 6.07) is 20.3. The topological polar surface area (TPSA) is 29.5 Å². The third kappa shape index (κ3) is 2.97. The van der Waals surface area contributed by atoms with Gasteiger partial charge in [-0.15, -0.1) is 0 Å². The standard InChI is InChI=1S/C20H20O2/c1-14-6-5-7-16(12-14)13-22-20-18(15(2)21)11-10-17-8-3-4-9-19(17)20/h3-12,15,21H,13H2,1-2H3. The summed E-state index contributed by atoms with van der Waals surface area (Å²) in [5.41, 5.74) is 3.17. The normalized spacial score (nSPS) is 12.3. The van der Waals surface area contributed by atoms with Crippen LogP contribution >= 0.6 is 0 Å². The average molecular weight is 292 g/mol. The molecule has 0 aliphatic carbocycles. The zero-order valence-electron chi connectivity index (χ0n) is 12.9. The van der Waals surface area contributed by atoms with Crippen LogP contribution < -0.4 is 4.74 Å². The average Bonchev–Trinajstić information content (AvgIpc) is 2.52. The maximum atomic E-state index is 10.0. The Morgan fingerprint density at radius 2 is 1.82 bits per heavy atom. The van der Waals surface area contributed by atoms with Gasteiger partial charge in [-0.25, -0.2) is 0 Å². The van der Waals surface area contributed by atoms with Crippen LogP contribution in [0.1, 0.15) is 29.7 Å². The summed E-state index contributed by atoms with van der Waals surface area (Å²) in [7, 11) is 0. The number of aryl methyl sites for hydroxylation is 1. The van der Waals surface area contributed by atoms with Crippen molar-refractivity contribution >= 4 is 10.8 Å². The van der Waals surface area contributed by atoms with Crippen molar-refractivity contribution in [2.24, 2.45) is 0 Å². The summed E-state index contributed by atoms with van der Waals surface area (Å²) in [5, 5.41) is 12.2. The summed E-state index contributed by atoms with van der Waals surface area (Å²) >= 11 is 0. The lowest BCUT2D eigenvalue weighted by molar-refractivity contribution is 0.191. The molecule has 0 fully saturated rings. The van der Waals surface area contributed by atoms with Crippen molar-refractivity contribution < 1.29 is 9.84 Å². The highest BCUT2D eigenvalue weighted by molar-refractivity contribution is 5.89. The fourth-order valence-electron chi connectivity index (χ4n) is 2.71. The van der Waals surface area contributed by atoms with Crippen molar-refractivity contribution in [1.29, 1.82) is 0 Å². The second-order valence-corrected chi connectivity index (χ2v) is 5.66. The van der Waals surface area contributed by atoms with Gasteiger partial charge < -0.3 is 9.84 Å². The lowest BCUT2D eigenvalue weighted by Gasteiger charge is -2.16. The highest BCUT2D eigenvalue weighted by atomic mass is 16.5. The predicted molar refractivity (Wildman–Crippen MR) is 90.1 cm³/mol. The molecule has 0 spiro atoms. The molecule has 1 atom stereocenters. The van der Waals surface area contributed by atoms with E-state index in [1.165, 1.54) is 5.56 Å². The molecule has 0 saturated carbocycles. The minimum atomic E-state index is -0.558. The number of hydrogen-bond donors (Lipinski definition) is 1. The fourth-order valence-corrected chi connectivity index (χ4v) is 2.71. The summed E-state index contributed by atoms with van der Waals surface area (Å²) < 4.78 is 6.09. The Labute approximate surface area is 131 Å². The number of rotatable bonds is 4. The molecule has 0 aliphatic rings. The summed E-state index contributed by atoms with van der Waals surface area (Å²) in [5.74, 6) is 0.773. The molecule has 0 radical (unpaired) electrons. The van der Waals surface area contributed by atoms with Gasteiger partial charge in [-0.3, -0.25) is 0 Å². The van der Waals surface area contributed by atoms with Crippen LogP contribution in [0.5, 0.6) is 5.75 Å². The first-order valence-corrected chi connectivity index (χ1v) is 7.53. The van der Waals surface area contributed by atoms with Gasteiger partial charge in [0, 0.05) is 10.9 Å². The molecular formula is C20H20O2. The third-order valence-corrected chi connectivity index (χ3v) is 3.83. The third-order valence-electron chi connectivity index (χ3n) is 3.83. The van der Waals surface area contributed by atoms with Crippen LogP contribution in [0.4, 0.5) is 0 Å². The van der Waals surface area contributed by atoms with Gasteiger partial charge in [0.05, 0.1) is 6.10 Å². The van der Waals surface area contributed by atoms with E-state index in [0.29, 0.717) is 6.61 Å². The van der Waals surface area contributed by atoms with Crippen LogP contribution in [-0.4, -0.2) is 5.11 Å². The molecule has 112 valence electrons. The van der Waals surface area contributed by atoms with Crippen LogP contribution in [0.3, 0.4) is 0 Å². The summed E-state index contributed by atoms with van der Waals surface area (Å²) in [6.07, 6.45) is -0.558. The van der Waals surface area contributed by atoms with Gasteiger partial charge in [0.25, 0.3) is 0 Å². The summed E-state index contributed by atoms with van der Waals surface area (Å²) in [4.78, 5) is 0. The SMILES string of the molecule is Cc1cccc(COc2c(C(C)O)ccc3ccccc23)c1. The Kier molecular flexibility index (Phi) is 4.12. The first kappa shape index (κ1) is 14.6. The maximum Gasteiger partial charge on any atom is 0.133 e. The molecule has 0 aliphatic heterocycles. The van der Waals surface area contributed by atoms with Gasteiger partial charge in [-0.2, -0.15) is 0 Å². The quantitative estimate of drug-likeness (QED) is 0.750. The van der Waals surface area contributed by atoms with Crippen molar-refractivity contribution in [3.05, 3.63) is 77.4 Å². The molecule has 2 heteroatoms. The van der Waals surface area contributed by atoms with Crippen molar-refractivity contribution in [2.75, 3.05) is 0 Å². The first-order chi connectivity index (χ1) is 10.6. The maximum absolute atomic E-state index is 10.0. The molecule has 0 aromatic heterocycles. The van der Waals surface area contributed by atoms with E-state index >= 15 is 0 Å². The molecule has 0 saturated heterocycles. The highest BCUT2D eigenvalue weighted by Gasteiger charge is 2.13. The molecule has 0 amide bonds. The minimum Gasteiger partial charge on any atom is -0.488 e. The van der Waals surface area contributed by atoms with Crippen LogP contribution in [0.2, 0.25) is 0 Å². The molecular weight excluding hydrogens is 272 g/mol. The lowest BCUT2D eigenvalue weighted by atomic mass is 10.0. The predicted octanol–water partition coefficient (Wildman–Crippen LogP) is 4.78. The monoisotopic (exact) mass is 292 g/mol. The van der Waals surface area contributed by atoms with E-state index in [0.717, 1.165) is 27.6 Å². The van der Waals surface area contributed by atoms with Crippen LogP contribution in [-0.2, 0) is 6.61 Å². The molecule has 1 unspecified atom stereocenters. The van der Waals surface area contributed by atoms with Crippen molar-refractivity contribution in [3.8, 4) is 5.75 Å². The molecule has 0 heterocycles. The van der Waals surface area contributed by atoms with Gasteiger partial charge in [0.15, 0.2) is 0 Å². The fraction of sp³-hybridized carbons (Fsp3) is 0.200. The Balaban J connectivity index is 1.99. The van der Waals surface area contributed by atoms with Crippen molar-refractivity contribution in [3.63, 3.8) is 0 Å². The lowest BCUT2D eigenvalue weighted by Crippen LogP contribution is -2.02. The summed E-state index contributed by atoms with van der Waals surface area (Å²) in [6.45, 7) is 4.34. The second kappa shape index (κ2) is 6.20. The van der Waals surface area contributed by atoms with Crippen molar-refractivity contribution in [2.45, 2.75) is 26.6 Å². The zero-order valence-corrected chi connectivity index (χ0v) is 12.9. The van der Waals surface area contributed by atoms with Crippen molar-refractivity contribution in [1.82, 2.24) is 0 Å². The molecule has 22 heavy (non-hydrogen) atoms. The smallest absolute Gasteiger partial charge is 0.133 e. The second-order valence-electron chi connectivity index (χ2n) is 5.66.